The fourth-order valence-electron chi connectivity index (χ4n) is 2.97. The highest BCUT2D eigenvalue weighted by molar-refractivity contribution is 7.87. The molecule has 0 radical (unpaired) electrons. The molecule has 0 atom stereocenters. The molecular weight excluding hydrogens is 412 g/mol. The zero-order chi connectivity index (χ0) is 22.3. The van der Waals surface area contributed by atoms with Gasteiger partial charge in [0.2, 0.25) is 11.7 Å². The van der Waals surface area contributed by atoms with Gasteiger partial charge in [0.1, 0.15) is 5.56 Å². The maximum Gasteiger partial charge on any atom is 0.313 e. The zero-order valence-electron chi connectivity index (χ0n) is 18.0. The summed E-state index contributed by atoms with van der Waals surface area (Å²) in [5, 5.41) is 4.00. The van der Waals surface area contributed by atoms with Crippen molar-refractivity contribution in [2.24, 2.45) is 7.05 Å². The van der Waals surface area contributed by atoms with E-state index in [0.717, 1.165) is 22.3 Å². The van der Waals surface area contributed by atoms with Gasteiger partial charge in [0.15, 0.2) is 0 Å². The molecule has 0 spiro atoms. The number of aryl methyl sites for hydroxylation is 2. The number of carbonyl (C=O) groups is 1. The summed E-state index contributed by atoms with van der Waals surface area (Å²) >= 11 is 6.41. The lowest BCUT2D eigenvalue weighted by atomic mass is 9.91. The molecule has 0 bridgehead atoms. The number of aromatic nitrogens is 2. The molecule has 0 amide bonds. The van der Waals surface area contributed by atoms with E-state index in [0.29, 0.717) is 16.3 Å². The normalized spacial score (nSPS) is 11.7. The predicted molar refractivity (Wildman–Crippen MR) is 116 cm³/mol. The summed E-state index contributed by atoms with van der Waals surface area (Å²) in [6.45, 7) is 12.4. The van der Waals surface area contributed by atoms with Crippen LogP contribution in [0.1, 0.15) is 67.4 Å². The topological polar surface area (TPSA) is 78.3 Å². The van der Waals surface area contributed by atoms with E-state index in [1.807, 2.05) is 27.7 Å². The molecule has 6 nitrogen and oxygen atoms in total. The van der Waals surface area contributed by atoms with Gasteiger partial charge < -0.3 is 4.18 Å². The lowest BCUT2D eigenvalue weighted by Crippen LogP contribution is -2.22. The minimum Gasteiger partial charge on any atom is -0.361 e. The fourth-order valence-corrected chi connectivity index (χ4v) is 3.92. The molecule has 0 saturated heterocycles. The molecule has 0 fully saturated rings. The van der Waals surface area contributed by atoms with E-state index in [-0.39, 0.29) is 17.2 Å². The Morgan fingerprint density at radius 3 is 2.24 bits per heavy atom. The average Bonchev–Trinajstić information content (AvgIpc) is 2.87. The molecule has 0 N–H and O–H groups in total. The van der Waals surface area contributed by atoms with Gasteiger partial charge in [0.05, 0.1) is 10.9 Å². The highest BCUT2D eigenvalue weighted by Crippen LogP contribution is 2.34. The van der Waals surface area contributed by atoms with Crippen LogP contribution in [-0.4, -0.2) is 29.2 Å². The first-order valence-corrected chi connectivity index (χ1v) is 11.1. The Labute approximate surface area is 177 Å². The third kappa shape index (κ3) is 4.41. The van der Waals surface area contributed by atoms with E-state index in [1.54, 1.807) is 26.1 Å². The van der Waals surface area contributed by atoms with E-state index in [4.69, 9.17) is 15.8 Å². The van der Waals surface area contributed by atoms with Crippen molar-refractivity contribution < 1.29 is 17.4 Å². The SMILES string of the molecule is CC(C)=C(C)c1c(Cl)ccc(C(=O)c2c(C)nn(C)c2OS(=O)(=O)C(C)C)c1C. The first-order valence-electron chi connectivity index (χ1n) is 9.24. The first kappa shape index (κ1) is 23.2. The van der Waals surface area contributed by atoms with E-state index in [9.17, 15) is 13.2 Å². The Hall–Kier alpha value is -2.12. The summed E-state index contributed by atoms with van der Waals surface area (Å²) in [5.74, 6) is -0.447. The number of hydrogen-bond acceptors (Lipinski definition) is 5. The number of carbonyl (C=O) groups excluding carboxylic acids is 1. The Morgan fingerprint density at radius 1 is 1.14 bits per heavy atom. The van der Waals surface area contributed by atoms with Crippen LogP contribution in [-0.2, 0) is 17.2 Å². The van der Waals surface area contributed by atoms with Crippen molar-refractivity contribution in [3.05, 3.63) is 50.7 Å². The van der Waals surface area contributed by atoms with Gasteiger partial charge in [-0.2, -0.15) is 13.5 Å². The number of ketones is 1. The molecule has 8 heteroatoms. The van der Waals surface area contributed by atoms with Crippen molar-refractivity contribution in [1.29, 1.82) is 0 Å². The summed E-state index contributed by atoms with van der Waals surface area (Å²) in [6.07, 6.45) is 0. The molecule has 2 rings (SSSR count). The Bertz CT molecular complexity index is 1110. The molecule has 158 valence electrons. The van der Waals surface area contributed by atoms with Gasteiger partial charge >= 0.3 is 10.1 Å². The molecule has 0 saturated carbocycles. The molecule has 1 aromatic carbocycles. The maximum absolute atomic E-state index is 13.4. The standard InChI is InChI=1S/C21H27ClN2O4S/c1-11(2)13(5)18-14(6)16(9-10-17(18)22)20(25)19-15(7)23-24(8)21(19)28-29(26,27)12(3)4/h9-10,12H,1-8H3. The number of nitrogens with zero attached hydrogens (tertiary/aromatic N) is 2. The molecule has 0 aliphatic carbocycles. The van der Waals surface area contributed by atoms with E-state index in [2.05, 4.69) is 5.10 Å². The quantitative estimate of drug-likeness (QED) is 0.475. The second-order valence-electron chi connectivity index (χ2n) is 7.56. The Kier molecular flexibility index (Phi) is 6.65. The lowest BCUT2D eigenvalue weighted by molar-refractivity contribution is 0.103. The van der Waals surface area contributed by atoms with Crippen LogP contribution in [0, 0.1) is 13.8 Å². The van der Waals surface area contributed by atoms with E-state index >= 15 is 0 Å². The first-order chi connectivity index (χ1) is 13.3. The van der Waals surface area contributed by atoms with Crippen LogP contribution >= 0.6 is 11.6 Å². The number of benzene rings is 1. The number of rotatable bonds is 6. The summed E-state index contributed by atoms with van der Waals surface area (Å²) < 4.78 is 31.2. The largest absolute Gasteiger partial charge is 0.361 e. The summed E-state index contributed by atoms with van der Waals surface area (Å²) in [4.78, 5) is 13.4. The van der Waals surface area contributed by atoms with Gasteiger partial charge in [-0.25, -0.2) is 4.68 Å². The molecule has 0 unspecified atom stereocenters. The summed E-state index contributed by atoms with van der Waals surface area (Å²) in [7, 11) is -2.35. The zero-order valence-corrected chi connectivity index (χ0v) is 19.6. The van der Waals surface area contributed by atoms with Crippen LogP contribution in [0.25, 0.3) is 5.57 Å². The van der Waals surface area contributed by atoms with Crippen molar-refractivity contribution in [2.45, 2.75) is 53.7 Å². The van der Waals surface area contributed by atoms with Crippen molar-refractivity contribution in [3.63, 3.8) is 0 Å². The Morgan fingerprint density at radius 2 is 1.72 bits per heavy atom. The second kappa shape index (κ2) is 8.32. The molecule has 1 heterocycles. The van der Waals surface area contributed by atoms with Gasteiger partial charge in [0.25, 0.3) is 0 Å². The highest BCUT2D eigenvalue weighted by Gasteiger charge is 2.29. The summed E-state index contributed by atoms with van der Waals surface area (Å²) in [5.41, 5.74) is 4.55. The second-order valence-corrected chi connectivity index (χ2v) is 10.1. The molecule has 2 aromatic rings. The van der Waals surface area contributed by atoms with Crippen LogP contribution < -0.4 is 4.18 Å². The fraction of sp³-hybridized carbons (Fsp3) is 0.429. The molecule has 0 aliphatic heterocycles. The van der Waals surface area contributed by atoms with Crippen LogP contribution in [0.4, 0.5) is 0 Å². The highest BCUT2D eigenvalue weighted by atomic mass is 35.5. The molecule has 0 aliphatic rings. The third-order valence-electron chi connectivity index (χ3n) is 4.95. The van der Waals surface area contributed by atoms with Gasteiger partial charge in [0, 0.05) is 17.6 Å². The van der Waals surface area contributed by atoms with Crippen LogP contribution in [0.5, 0.6) is 5.88 Å². The van der Waals surface area contributed by atoms with Gasteiger partial charge in [-0.05, 0) is 77.3 Å². The predicted octanol–water partition coefficient (Wildman–Crippen LogP) is 4.85. The van der Waals surface area contributed by atoms with Crippen molar-refractivity contribution >= 4 is 33.1 Å². The van der Waals surface area contributed by atoms with Crippen LogP contribution in [0.2, 0.25) is 5.02 Å². The van der Waals surface area contributed by atoms with Crippen molar-refractivity contribution in [1.82, 2.24) is 9.78 Å². The van der Waals surface area contributed by atoms with Crippen molar-refractivity contribution in [3.8, 4) is 5.88 Å². The monoisotopic (exact) mass is 438 g/mol. The summed E-state index contributed by atoms with van der Waals surface area (Å²) in [6, 6.07) is 3.33. The van der Waals surface area contributed by atoms with E-state index in [1.165, 1.54) is 18.5 Å². The number of halogens is 1. The number of allylic oxidation sites excluding steroid dienone is 2. The minimum atomic E-state index is -3.89. The number of hydrogen-bond donors (Lipinski definition) is 0. The lowest BCUT2D eigenvalue weighted by Gasteiger charge is -2.15. The Balaban J connectivity index is 2.69. The molecule has 1 aromatic heterocycles. The average molecular weight is 439 g/mol. The smallest absolute Gasteiger partial charge is 0.313 e. The minimum absolute atomic E-state index is 0.0870. The van der Waals surface area contributed by atoms with Gasteiger partial charge in [-0.3, -0.25) is 4.79 Å². The van der Waals surface area contributed by atoms with Crippen LogP contribution in [0.3, 0.4) is 0 Å². The van der Waals surface area contributed by atoms with Crippen molar-refractivity contribution in [2.75, 3.05) is 0 Å². The van der Waals surface area contributed by atoms with Gasteiger partial charge in [-0.15, -0.1) is 0 Å². The van der Waals surface area contributed by atoms with Crippen LogP contribution in [0.15, 0.2) is 17.7 Å². The maximum atomic E-state index is 13.4. The molecule has 29 heavy (non-hydrogen) atoms. The third-order valence-corrected chi connectivity index (χ3v) is 6.81. The van der Waals surface area contributed by atoms with E-state index < -0.39 is 15.4 Å². The molecular formula is C21H27ClN2O4S. The van der Waals surface area contributed by atoms with Gasteiger partial charge in [-0.1, -0.05) is 17.2 Å².